The van der Waals surface area contributed by atoms with Crippen molar-refractivity contribution >= 4 is 38.2 Å². The van der Waals surface area contributed by atoms with E-state index < -0.39 is 0 Å². The van der Waals surface area contributed by atoms with Crippen molar-refractivity contribution in [3.63, 3.8) is 0 Å². The Balaban J connectivity index is 1.69. The van der Waals surface area contributed by atoms with Crippen molar-refractivity contribution in [1.29, 1.82) is 0 Å². The van der Waals surface area contributed by atoms with Crippen molar-refractivity contribution < 1.29 is 4.42 Å². The fourth-order valence-electron chi connectivity index (χ4n) is 2.58. The van der Waals surface area contributed by atoms with Gasteiger partial charge >= 0.3 is 0 Å². The van der Waals surface area contributed by atoms with Gasteiger partial charge in [-0.3, -0.25) is 0 Å². The highest BCUT2D eigenvalue weighted by atomic mass is 79.9. The second-order valence-electron chi connectivity index (χ2n) is 5.46. The summed E-state index contributed by atoms with van der Waals surface area (Å²) in [6.07, 6.45) is 1.04. The maximum absolute atomic E-state index is 5.94. The third-order valence-corrected chi connectivity index (χ3v) is 4.81. The van der Waals surface area contributed by atoms with Gasteiger partial charge in [0.1, 0.15) is 11.3 Å². The predicted octanol–water partition coefficient (Wildman–Crippen LogP) is 5.54. The maximum Gasteiger partial charge on any atom is 0.134 e. The molecule has 2 nitrogen and oxygen atoms in total. The van der Waals surface area contributed by atoms with Gasteiger partial charge in [0, 0.05) is 15.9 Å². The molecule has 0 spiro atoms. The fourth-order valence-corrected chi connectivity index (χ4v) is 3.64. The van der Waals surface area contributed by atoms with Gasteiger partial charge in [-0.15, -0.1) is 0 Å². The lowest BCUT2D eigenvalue weighted by atomic mass is 10.1. The third-order valence-electron chi connectivity index (χ3n) is 3.58. The molecule has 2 heterocycles. The van der Waals surface area contributed by atoms with Crippen molar-refractivity contribution in [1.82, 2.24) is 5.32 Å². The molecular weight excluding hydrogens is 346 g/mol. The molecule has 2 unspecified atom stereocenters. The van der Waals surface area contributed by atoms with Crippen LogP contribution in [0, 0.1) is 0 Å². The summed E-state index contributed by atoms with van der Waals surface area (Å²) in [4.78, 5) is 0. The average Bonchev–Trinajstić information content (AvgIpc) is 3.06. The second-order valence-corrected chi connectivity index (χ2v) is 7.15. The summed E-state index contributed by atoms with van der Waals surface area (Å²) in [5.41, 5.74) is 2.33. The molecule has 0 aliphatic heterocycles. The molecule has 3 aromatic rings. The Labute approximate surface area is 137 Å². The first-order valence-corrected chi connectivity index (χ1v) is 8.81. The Morgan fingerprint density at radius 2 is 2.10 bits per heavy atom. The molecule has 21 heavy (non-hydrogen) atoms. The smallest absolute Gasteiger partial charge is 0.134 e. The molecule has 0 aliphatic carbocycles. The van der Waals surface area contributed by atoms with Crippen molar-refractivity contribution in [2.75, 3.05) is 0 Å². The maximum atomic E-state index is 5.94. The summed E-state index contributed by atoms with van der Waals surface area (Å²) in [6, 6.07) is 11.0. The SMILES string of the molecule is CC(Cc1ccsc1)NC(C)c1cc2cc(Br)ccc2o1. The molecular formula is C17H18BrNOS. The van der Waals surface area contributed by atoms with Crippen LogP contribution in [-0.2, 0) is 6.42 Å². The Kier molecular flexibility index (Phi) is 4.48. The predicted molar refractivity (Wildman–Crippen MR) is 92.9 cm³/mol. The lowest BCUT2D eigenvalue weighted by Gasteiger charge is -2.18. The molecule has 1 aromatic carbocycles. The highest BCUT2D eigenvalue weighted by Crippen LogP contribution is 2.26. The number of hydrogen-bond acceptors (Lipinski definition) is 3. The number of fused-ring (bicyclic) bond motifs is 1. The summed E-state index contributed by atoms with van der Waals surface area (Å²) in [5.74, 6) is 0.986. The van der Waals surface area contributed by atoms with E-state index in [-0.39, 0.29) is 6.04 Å². The number of furan rings is 1. The van der Waals surface area contributed by atoms with Gasteiger partial charge < -0.3 is 9.73 Å². The molecule has 2 aromatic heterocycles. The summed E-state index contributed by atoms with van der Waals surface area (Å²) in [5, 5.41) is 9.08. The van der Waals surface area contributed by atoms with Gasteiger partial charge in [0.15, 0.2) is 0 Å². The van der Waals surface area contributed by atoms with Crippen LogP contribution in [-0.4, -0.2) is 6.04 Å². The summed E-state index contributed by atoms with van der Waals surface area (Å²) in [7, 11) is 0. The number of benzene rings is 1. The molecule has 0 saturated carbocycles. The fraction of sp³-hybridized carbons (Fsp3) is 0.294. The summed E-state index contributed by atoms with van der Waals surface area (Å²) >= 11 is 5.25. The van der Waals surface area contributed by atoms with Crippen LogP contribution in [0.5, 0.6) is 0 Å². The van der Waals surface area contributed by atoms with Gasteiger partial charge in [0.05, 0.1) is 6.04 Å². The van der Waals surface area contributed by atoms with Gasteiger partial charge in [-0.1, -0.05) is 15.9 Å². The molecule has 0 amide bonds. The van der Waals surface area contributed by atoms with Crippen molar-refractivity contribution in [2.45, 2.75) is 32.4 Å². The van der Waals surface area contributed by atoms with Crippen molar-refractivity contribution in [3.05, 3.63) is 56.9 Å². The number of hydrogen-bond donors (Lipinski definition) is 1. The zero-order chi connectivity index (χ0) is 14.8. The van der Waals surface area contributed by atoms with E-state index in [1.165, 1.54) is 5.56 Å². The zero-order valence-electron chi connectivity index (χ0n) is 12.1. The van der Waals surface area contributed by atoms with Crippen LogP contribution in [0.2, 0.25) is 0 Å². The average molecular weight is 364 g/mol. The summed E-state index contributed by atoms with van der Waals surface area (Å²) in [6.45, 7) is 4.37. The van der Waals surface area contributed by atoms with Gasteiger partial charge in [0.2, 0.25) is 0 Å². The Bertz CT molecular complexity index is 720. The van der Waals surface area contributed by atoms with Crippen molar-refractivity contribution in [2.24, 2.45) is 0 Å². The third kappa shape index (κ3) is 3.57. The number of nitrogens with one attached hydrogen (secondary N) is 1. The van der Waals surface area contributed by atoms with Crippen LogP contribution in [0.3, 0.4) is 0 Å². The van der Waals surface area contributed by atoms with E-state index >= 15 is 0 Å². The standard InChI is InChI=1S/C17H18BrNOS/c1-11(7-13-5-6-21-10-13)19-12(2)17-9-14-8-15(18)3-4-16(14)20-17/h3-6,8-12,19H,7H2,1-2H3. The number of rotatable bonds is 5. The lowest BCUT2D eigenvalue weighted by Crippen LogP contribution is -2.30. The minimum atomic E-state index is 0.199. The highest BCUT2D eigenvalue weighted by molar-refractivity contribution is 9.10. The van der Waals surface area contributed by atoms with Crippen LogP contribution in [0.25, 0.3) is 11.0 Å². The minimum absolute atomic E-state index is 0.199. The molecule has 4 heteroatoms. The first-order valence-electron chi connectivity index (χ1n) is 7.08. The zero-order valence-corrected chi connectivity index (χ0v) is 14.5. The molecule has 0 radical (unpaired) electrons. The summed E-state index contributed by atoms with van der Waals surface area (Å²) < 4.78 is 7.02. The molecule has 110 valence electrons. The number of thiophene rings is 1. The molecule has 0 aliphatic rings. The van der Waals surface area contributed by atoms with Crippen LogP contribution in [0.4, 0.5) is 0 Å². The van der Waals surface area contributed by atoms with E-state index in [2.05, 4.69) is 64.1 Å². The van der Waals surface area contributed by atoms with E-state index in [0.29, 0.717) is 6.04 Å². The Morgan fingerprint density at radius 1 is 1.24 bits per heavy atom. The largest absolute Gasteiger partial charge is 0.459 e. The topological polar surface area (TPSA) is 25.2 Å². The molecule has 0 saturated heterocycles. The Morgan fingerprint density at radius 3 is 2.86 bits per heavy atom. The monoisotopic (exact) mass is 363 g/mol. The highest BCUT2D eigenvalue weighted by Gasteiger charge is 2.14. The second kappa shape index (κ2) is 6.34. The normalized spacial score (nSPS) is 14.4. The lowest BCUT2D eigenvalue weighted by molar-refractivity contribution is 0.410. The molecule has 3 rings (SSSR count). The van der Waals surface area contributed by atoms with Gasteiger partial charge in [-0.2, -0.15) is 11.3 Å². The molecule has 1 N–H and O–H groups in total. The van der Waals surface area contributed by atoms with Crippen LogP contribution >= 0.6 is 27.3 Å². The molecule has 0 bridgehead atoms. The van der Waals surface area contributed by atoms with E-state index in [1.54, 1.807) is 11.3 Å². The molecule has 0 fully saturated rings. The first-order chi connectivity index (χ1) is 10.1. The van der Waals surface area contributed by atoms with Gasteiger partial charge in [-0.25, -0.2) is 0 Å². The van der Waals surface area contributed by atoms with Crippen LogP contribution < -0.4 is 5.32 Å². The number of halogens is 1. The first kappa shape index (κ1) is 14.8. The van der Waals surface area contributed by atoms with Crippen molar-refractivity contribution in [3.8, 4) is 0 Å². The quantitative estimate of drug-likeness (QED) is 0.643. The van der Waals surface area contributed by atoms with E-state index in [1.807, 2.05) is 12.1 Å². The van der Waals surface area contributed by atoms with E-state index in [4.69, 9.17) is 4.42 Å². The van der Waals surface area contributed by atoms with Gasteiger partial charge in [0.25, 0.3) is 0 Å². The Hall–Kier alpha value is -1.10. The van der Waals surface area contributed by atoms with E-state index in [0.717, 1.165) is 27.6 Å². The minimum Gasteiger partial charge on any atom is -0.459 e. The van der Waals surface area contributed by atoms with E-state index in [9.17, 15) is 0 Å². The van der Waals surface area contributed by atoms with Gasteiger partial charge in [-0.05, 0) is 66.9 Å². The van der Waals surface area contributed by atoms with Crippen LogP contribution in [0.15, 0.2) is 50.0 Å². The molecule has 2 atom stereocenters. The van der Waals surface area contributed by atoms with Crippen LogP contribution in [0.1, 0.15) is 31.2 Å².